The lowest BCUT2D eigenvalue weighted by Gasteiger charge is -2.11. The van der Waals surface area contributed by atoms with E-state index in [0.717, 1.165) is 18.2 Å². The summed E-state index contributed by atoms with van der Waals surface area (Å²) in [5.41, 5.74) is 5.74. The van der Waals surface area contributed by atoms with Crippen molar-refractivity contribution in [2.24, 2.45) is 0 Å². The fourth-order valence-electron chi connectivity index (χ4n) is 2.10. The largest absolute Gasteiger partial charge is 0.369 e. The summed E-state index contributed by atoms with van der Waals surface area (Å²) in [7, 11) is 0. The molecule has 0 fully saturated rings. The minimum absolute atomic E-state index is 0.0420. The van der Waals surface area contributed by atoms with E-state index in [1.165, 1.54) is 4.57 Å². The van der Waals surface area contributed by atoms with Crippen LogP contribution in [0.3, 0.4) is 0 Å². The molecule has 1 aromatic heterocycles. The number of anilines is 1. The van der Waals surface area contributed by atoms with Gasteiger partial charge in [-0.25, -0.2) is 18.2 Å². The van der Waals surface area contributed by atoms with E-state index in [9.17, 15) is 13.2 Å². The standard InChI is InChI=1S/C13H6Cl2F3N3/c14-7-1-5(16)2-8(15)12(7)21-10-4-6(17)3-9(18)11(10)20-13(21)19/h1-4H,(H2,19,20). The molecule has 21 heavy (non-hydrogen) atoms. The highest BCUT2D eigenvalue weighted by Gasteiger charge is 2.19. The van der Waals surface area contributed by atoms with Crippen molar-refractivity contribution >= 4 is 40.2 Å². The Hall–Kier alpha value is -1.92. The molecule has 0 bridgehead atoms. The van der Waals surface area contributed by atoms with E-state index in [1.54, 1.807) is 0 Å². The third kappa shape index (κ3) is 2.20. The maximum atomic E-state index is 13.7. The maximum Gasteiger partial charge on any atom is 0.206 e. The summed E-state index contributed by atoms with van der Waals surface area (Å²) >= 11 is 11.9. The van der Waals surface area contributed by atoms with Crippen molar-refractivity contribution in [2.45, 2.75) is 0 Å². The first-order chi connectivity index (χ1) is 9.88. The van der Waals surface area contributed by atoms with Gasteiger partial charge in [0.2, 0.25) is 5.95 Å². The molecule has 0 saturated carbocycles. The number of imidazole rings is 1. The van der Waals surface area contributed by atoms with E-state index >= 15 is 0 Å². The molecule has 2 aromatic carbocycles. The Morgan fingerprint density at radius 2 is 1.52 bits per heavy atom. The van der Waals surface area contributed by atoms with Crippen molar-refractivity contribution in [1.82, 2.24) is 9.55 Å². The number of nitrogens with zero attached hydrogens (tertiary/aromatic N) is 2. The monoisotopic (exact) mass is 331 g/mol. The topological polar surface area (TPSA) is 43.8 Å². The van der Waals surface area contributed by atoms with Crippen molar-refractivity contribution < 1.29 is 13.2 Å². The number of aromatic nitrogens is 2. The van der Waals surface area contributed by atoms with Crippen molar-refractivity contribution in [3.05, 3.63) is 51.8 Å². The smallest absolute Gasteiger partial charge is 0.206 e. The van der Waals surface area contributed by atoms with Crippen LogP contribution in [0.1, 0.15) is 0 Å². The molecule has 1 heterocycles. The highest BCUT2D eigenvalue weighted by atomic mass is 35.5. The molecule has 3 nitrogen and oxygen atoms in total. The number of hydrogen-bond acceptors (Lipinski definition) is 2. The van der Waals surface area contributed by atoms with Crippen LogP contribution in [-0.2, 0) is 0 Å². The van der Waals surface area contributed by atoms with Crippen LogP contribution in [0.4, 0.5) is 19.1 Å². The van der Waals surface area contributed by atoms with Gasteiger partial charge in [0.25, 0.3) is 0 Å². The Labute approximate surface area is 126 Å². The van der Waals surface area contributed by atoms with Crippen LogP contribution in [0.2, 0.25) is 10.0 Å². The Morgan fingerprint density at radius 1 is 0.952 bits per heavy atom. The Balaban J connectivity index is 2.44. The van der Waals surface area contributed by atoms with Gasteiger partial charge in [0, 0.05) is 12.1 Å². The van der Waals surface area contributed by atoms with Crippen LogP contribution in [-0.4, -0.2) is 9.55 Å². The number of nitrogens with two attached hydrogens (primary N) is 1. The van der Waals surface area contributed by atoms with Crippen LogP contribution in [0.5, 0.6) is 0 Å². The molecule has 0 aliphatic carbocycles. The van der Waals surface area contributed by atoms with E-state index in [0.29, 0.717) is 6.07 Å². The second kappa shape index (κ2) is 4.82. The molecule has 0 radical (unpaired) electrons. The van der Waals surface area contributed by atoms with Gasteiger partial charge in [0.1, 0.15) is 17.2 Å². The molecule has 8 heteroatoms. The molecule has 0 atom stereocenters. The highest BCUT2D eigenvalue weighted by molar-refractivity contribution is 6.38. The molecule has 0 amide bonds. The lowest BCUT2D eigenvalue weighted by molar-refractivity contribution is 0.590. The average Bonchev–Trinajstić information content (AvgIpc) is 2.66. The summed E-state index contributed by atoms with van der Waals surface area (Å²) in [4.78, 5) is 3.82. The van der Waals surface area contributed by atoms with Crippen molar-refractivity contribution in [3.63, 3.8) is 0 Å². The first-order valence-corrected chi connectivity index (χ1v) is 6.42. The van der Waals surface area contributed by atoms with E-state index in [2.05, 4.69) is 4.98 Å². The van der Waals surface area contributed by atoms with E-state index in [-0.39, 0.29) is 32.7 Å². The van der Waals surface area contributed by atoms with Gasteiger partial charge >= 0.3 is 0 Å². The summed E-state index contributed by atoms with van der Waals surface area (Å²) in [5.74, 6) is -2.47. The Bertz CT molecular complexity index is 854. The number of hydrogen-bond donors (Lipinski definition) is 1. The predicted molar refractivity (Wildman–Crippen MR) is 75.4 cm³/mol. The maximum absolute atomic E-state index is 13.7. The summed E-state index contributed by atoms with van der Waals surface area (Å²) in [5, 5.41) is -0.119. The summed E-state index contributed by atoms with van der Waals surface area (Å²) in [6, 6.07) is 3.76. The van der Waals surface area contributed by atoms with Crippen molar-refractivity contribution in [1.29, 1.82) is 0 Å². The molecule has 0 spiro atoms. The van der Waals surface area contributed by atoms with Gasteiger partial charge in [0.15, 0.2) is 5.82 Å². The summed E-state index contributed by atoms with van der Waals surface area (Å²) in [6.07, 6.45) is 0. The number of fused-ring (bicyclic) bond motifs is 1. The normalized spacial score (nSPS) is 11.3. The average molecular weight is 332 g/mol. The predicted octanol–water partition coefficient (Wildman–Crippen LogP) is 4.33. The molecule has 3 aromatic rings. The second-order valence-electron chi connectivity index (χ2n) is 4.28. The first-order valence-electron chi connectivity index (χ1n) is 5.66. The zero-order valence-corrected chi connectivity index (χ0v) is 11.7. The van der Waals surface area contributed by atoms with Crippen LogP contribution in [0.25, 0.3) is 16.7 Å². The first kappa shape index (κ1) is 14.0. The quantitative estimate of drug-likeness (QED) is 0.721. The Morgan fingerprint density at radius 3 is 2.14 bits per heavy atom. The van der Waals surface area contributed by atoms with Gasteiger partial charge < -0.3 is 5.73 Å². The molecule has 0 saturated heterocycles. The van der Waals surface area contributed by atoms with E-state index in [1.807, 2.05) is 0 Å². The molecule has 3 rings (SSSR count). The zero-order valence-electron chi connectivity index (χ0n) is 10.2. The van der Waals surface area contributed by atoms with Crippen LogP contribution in [0.15, 0.2) is 24.3 Å². The SMILES string of the molecule is Nc1nc2c(F)cc(F)cc2n1-c1c(Cl)cc(F)cc1Cl. The number of nitrogen functional groups attached to an aromatic ring is 1. The molecule has 0 aliphatic heterocycles. The second-order valence-corrected chi connectivity index (χ2v) is 5.09. The van der Waals surface area contributed by atoms with E-state index in [4.69, 9.17) is 28.9 Å². The molecule has 0 aliphatic rings. The molecular weight excluding hydrogens is 326 g/mol. The molecule has 2 N–H and O–H groups in total. The van der Waals surface area contributed by atoms with Gasteiger partial charge in [-0.2, -0.15) is 0 Å². The van der Waals surface area contributed by atoms with Crippen LogP contribution < -0.4 is 5.73 Å². The van der Waals surface area contributed by atoms with Crippen molar-refractivity contribution in [2.75, 3.05) is 5.73 Å². The lowest BCUT2D eigenvalue weighted by atomic mass is 10.2. The van der Waals surface area contributed by atoms with Gasteiger partial charge in [-0.15, -0.1) is 0 Å². The van der Waals surface area contributed by atoms with E-state index < -0.39 is 17.5 Å². The number of halogens is 5. The third-order valence-corrected chi connectivity index (χ3v) is 3.49. The highest BCUT2D eigenvalue weighted by Crippen LogP contribution is 2.35. The van der Waals surface area contributed by atoms with Gasteiger partial charge in [-0.05, 0) is 12.1 Å². The van der Waals surface area contributed by atoms with Crippen molar-refractivity contribution in [3.8, 4) is 5.69 Å². The fraction of sp³-hybridized carbons (Fsp3) is 0. The molecule has 0 unspecified atom stereocenters. The molecule has 108 valence electrons. The molecular formula is C13H6Cl2F3N3. The van der Waals surface area contributed by atoms with Gasteiger partial charge in [-0.3, -0.25) is 4.57 Å². The van der Waals surface area contributed by atoms with Crippen LogP contribution >= 0.6 is 23.2 Å². The minimum Gasteiger partial charge on any atom is -0.369 e. The Kier molecular flexibility index (Phi) is 3.22. The number of benzene rings is 2. The minimum atomic E-state index is -0.871. The summed E-state index contributed by atoms with van der Waals surface area (Å²) < 4.78 is 41.6. The van der Waals surface area contributed by atoms with Crippen LogP contribution in [0, 0.1) is 17.5 Å². The number of rotatable bonds is 1. The third-order valence-electron chi connectivity index (χ3n) is 2.91. The van der Waals surface area contributed by atoms with Gasteiger partial charge in [0.05, 0.1) is 21.2 Å². The lowest BCUT2D eigenvalue weighted by Crippen LogP contribution is -2.03. The zero-order chi connectivity index (χ0) is 15.3. The van der Waals surface area contributed by atoms with Gasteiger partial charge in [-0.1, -0.05) is 23.2 Å². The fourth-order valence-corrected chi connectivity index (χ4v) is 2.73. The summed E-state index contributed by atoms with van der Waals surface area (Å²) in [6.45, 7) is 0.